The average Bonchev–Trinajstić information content (AvgIpc) is 2.62. The van der Waals surface area contributed by atoms with Crippen molar-refractivity contribution in [3.05, 3.63) is 21.3 Å². The number of halogens is 1. The number of ketones is 1. The number of Topliss-reactive ketones (excluding diaryl/α,β-unsaturated/α-hetero) is 1. The van der Waals surface area contributed by atoms with Gasteiger partial charge in [-0.2, -0.15) is 0 Å². The molecule has 0 unspecified atom stereocenters. The lowest BCUT2D eigenvalue weighted by Gasteiger charge is -2.34. The number of thiophene rings is 1. The largest absolute Gasteiger partial charge is 0.393 e. The first-order chi connectivity index (χ1) is 8.04. The summed E-state index contributed by atoms with van der Waals surface area (Å²) >= 11 is 7.12. The Bertz CT molecular complexity index is 401. The number of nitrogens with zero attached hydrogens (tertiary/aromatic N) is 1. The lowest BCUT2D eigenvalue weighted by atomic mass is 9.82. The lowest BCUT2D eigenvalue weighted by Crippen LogP contribution is -2.38. The molecule has 1 aromatic heterocycles. The fourth-order valence-corrected chi connectivity index (χ4v) is 3.12. The van der Waals surface area contributed by atoms with Gasteiger partial charge in [-0.15, -0.1) is 11.3 Å². The molecule has 0 aromatic carbocycles. The number of hydrogen-bond acceptors (Lipinski definition) is 4. The molecule has 0 saturated heterocycles. The molecular weight excluding hydrogens is 258 g/mol. The van der Waals surface area contributed by atoms with Crippen LogP contribution in [0.2, 0.25) is 4.34 Å². The van der Waals surface area contributed by atoms with Crippen molar-refractivity contribution in [1.29, 1.82) is 0 Å². The van der Waals surface area contributed by atoms with Crippen molar-refractivity contribution in [3.63, 3.8) is 0 Å². The molecule has 5 heteroatoms. The minimum absolute atomic E-state index is 0.115. The number of rotatable bonds is 5. The molecule has 3 nitrogen and oxygen atoms in total. The Balaban J connectivity index is 1.78. The van der Waals surface area contributed by atoms with E-state index in [1.54, 1.807) is 12.1 Å². The predicted octanol–water partition coefficient (Wildman–Crippen LogP) is 2.29. The minimum atomic E-state index is -0.125. The van der Waals surface area contributed by atoms with Gasteiger partial charge in [-0.25, -0.2) is 0 Å². The van der Waals surface area contributed by atoms with E-state index in [0.29, 0.717) is 16.8 Å². The Hall–Kier alpha value is -0.420. The van der Waals surface area contributed by atoms with Gasteiger partial charge in [0.05, 0.1) is 21.9 Å². The number of carbonyl (C=O) groups excluding carboxylic acids is 1. The fraction of sp³-hybridized carbons (Fsp3) is 0.583. The molecule has 1 saturated carbocycles. The van der Waals surface area contributed by atoms with E-state index >= 15 is 0 Å². The van der Waals surface area contributed by atoms with Gasteiger partial charge in [0.1, 0.15) is 0 Å². The van der Waals surface area contributed by atoms with E-state index in [-0.39, 0.29) is 11.9 Å². The third kappa shape index (κ3) is 3.52. The van der Waals surface area contributed by atoms with E-state index in [9.17, 15) is 9.90 Å². The maximum absolute atomic E-state index is 11.9. The van der Waals surface area contributed by atoms with Gasteiger partial charge in [0.25, 0.3) is 0 Å². The molecule has 0 atom stereocenters. The molecular formula is C12H16ClNO2S. The van der Waals surface area contributed by atoms with Crippen LogP contribution in [0.25, 0.3) is 0 Å². The van der Waals surface area contributed by atoms with E-state index in [1.165, 1.54) is 11.3 Å². The van der Waals surface area contributed by atoms with Gasteiger partial charge in [0.2, 0.25) is 0 Å². The zero-order chi connectivity index (χ0) is 12.4. The Kier molecular flexibility index (Phi) is 4.20. The summed E-state index contributed by atoms with van der Waals surface area (Å²) in [6.07, 6.45) is 1.60. The van der Waals surface area contributed by atoms with Gasteiger partial charge in [0.15, 0.2) is 5.78 Å². The van der Waals surface area contributed by atoms with Gasteiger partial charge in [-0.3, -0.25) is 9.69 Å². The Morgan fingerprint density at radius 2 is 2.29 bits per heavy atom. The smallest absolute Gasteiger partial charge is 0.186 e. The zero-order valence-corrected chi connectivity index (χ0v) is 11.3. The van der Waals surface area contributed by atoms with Gasteiger partial charge in [0, 0.05) is 6.54 Å². The molecule has 94 valence electrons. The van der Waals surface area contributed by atoms with Crippen molar-refractivity contribution in [2.75, 3.05) is 20.1 Å². The summed E-state index contributed by atoms with van der Waals surface area (Å²) in [5.74, 6) is 0.652. The lowest BCUT2D eigenvalue weighted by molar-refractivity contribution is 0.0286. The Morgan fingerprint density at radius 1 is 1.59 bits per heavy atom. The highest BCUT2D eigenvalue weighted by Crippen LogP contribution is 2.28. The summed E-state index contributed by atoms with van der Waals surface area (Å²) in [5, 5.41) is 9.20. The number of carbonyl (C=O) groups is 1. The molecule has 0 radical (unpaired) electrons. The summed E-state index contributed by atoms with van der Waals surface area (Å²) < 4.78 is 0.651. The van der Waals surface area contributed by atoms with Crippen molar-refractivity contribution in [3.8, 4) is 0 Å². The predicted molar refractivity (Wildman–Crippen MR) is 69.9 cm³/mol. The van der Waals surface area contributed by atoms with Crippen LogP contribution < -0.4 is 0 Å². The van der Waals surface area contributed by atoms with E-state index in [1.807, 2.05) is 11.9 Å². The third-order valence-electron chi connectivity index (χ3n) is 3.04. The van der Waals surface area contributed by atoms with Gasteiger partial charge in [-0.1, -0.05) is 11.6 Å². The quantitative estimate of drug-likeness (QED) is 0.837. The highest BCUT2D eigenvalue weighted by molar-refractivity contribution is 7.18. The Labute approximate surface area is 110 Å². The second-order valence-electron chi connectivity index (χ2n) is 4.71. The summed E-state index contributed by atoms with van der Waals surface area (Å²) in [7, 11) is 1.94. The first kappa shape index (κ1) is 13.0. The van der Waals surface area contributed by atoms with Crippen LogP contribution in [0.4, 0.5) is 0 Å². The molecule has 1 aromatic rings. The van der Waals surface area contributed by atoms with E-state index in [2.05, 4.69) is 0 Å². The van der Waals surface area contributed by atoms with E-state index in [4.69, 9.17) is 11.6 Å². The Morgan fingerprint density at radius 3 is 2.82 bits per heavy atom. The van der Waals surface area contributed by atoms with Crippen molar-refractivity contribution in [1.82, 2.24) is 4.90 Å². The molecule has 1 N–H and O–H groups in total. The first-order valence-corrected chi connectivity index (χ1v) is 6.89. The molecule has 1 heterocycles. The molecule has 0 amide bonds. The van der Waals surface area contributed by atoms with Crippen molar-refractivity contribution in [2.45, 2.75) is 18.9 Å². The second kappa shape index (κ2) is 5.48. The molecule has 0 spiro atoms. The summed E-state index contributed by atoms with van der Waals surface area (Å²) in [5.41, 5.74) is 0. The van der Waals surface area contributed by atoms with Crippen LogP contribution >= 0.6 is 22.9 Å². The van der Waals surface area contributed by atoms with Gasteiger partial charge < -0.3 is 5.11 Å². The second-order valence-corrected chi connectivity index (χ2v) is 6.43. The fourth-order valence-electron chi connectivity index (χ4n) is 2.14. The summed E-state index contributed by atoms with van der Waals surface area (Å²) in [4.78, 5) is 14.6. The van der Waals surface area contributed by atoms with Crippen LogP contribution in [0, 0.1) is 5.92 Å². The molecule has 2 rings (SSSR count). The van der Waals surface area contributed by atoms with Gasteiger partial charge >= 0.3 is 0 Å². The monoisotopic (exact) mass is 273 g/mol. The first-order valence-electron chi connectivity index (χ1n) is 5.69. The highest BCUT2D eigenvalue weighted by Gasteiger charge is 2.28. The van der Waals surface area contributed by atoms with Crippen LogP contribution in [-0.4, -0.2) is 42.0 Å². The topological polar surface area (TPSA) is 40.5 Å². The third-order valence-corrected chi connectivity index (χ3v) is 4.31. The molecule has 1 aliphatic carbocycles. The van der Waals surface area contributed by atoms with Crippen LogP contribution in [-0.2, 0) is 0 Å². The summed E-state index contributed by atoms with van der Waals surface area (Å²) in [6.45, 7) is 1.30. The van der Waals surface area contributed by atoms with Crippen LogP contribution in [0.3, 0.4) is 0 Å². The number of aliphatic hydroxyl groups excluding tert-OH is 1. The minimum Gasteiger partial charge on any atom is -0.393 e. The molecule has 17 heavy (non-hydrogen) atoms. The van der Waals surface area contributed by atoms with E-state index < -0.39 is 0 Å². The van der Waals surface area contributed by atoms with Gasteiger partial charge in [-0.05, 0) is 37.9 Å². The van der Waals surface area contributed by atoms with Crippen LogP contribution in [0.1, 0.15) is 22.5 Å². The average molecular weight is 274 g/mol. The SMILES string of the molecule is CN(CC(=O)c1ccc(Cl)s1)CC1CC(O)C1. The number of hydrogen-bond donors (Lipinski definition) is 1. The number of likely N-dealkylation sites (N-methyl/N-ethyl adjacent to an activating group) is 1. The number of aliphatic hydroxyl groups is 1. The van der Waals surface area contributed by atoms with Crippen LogP contribution in [0.5, 0.6) is 0 Å². The maximum atomic E-state index is 11.9. The van der Waals surface area contributed by atoms with Crippen molar-refractivity contribution < 1.29 is 9.90 Å². The van der Waals surface area contributed by atoms with Crippen molar-refractivity contribution >= 4 is 28.7 Å². The normalized spacial score (nSPS) is 23.8. The zero-order valence-electron chi connectivity index (χ0n) is 9.73. The standard InChI is InChI=1S/C12H16ClNO2S/c1-14(6-8-4-9(15)5-8)7-10(16)11-2-3-12(13)17-11/h2-3,8-9,15H,4-7H2,1H3. The molecule has 1 fully saturated rings. The van der Waals surface area contributed by atoms with Crippen LogP contribution in [0.15, 0.2) is 12.1 Å². The highest BCUT2D eigenvalue weighted by atomic mass is 35.5. The molecule has 0 bridgehead atoms. The summed E-state index contributed by atoms with van der Waals surface area (Å²) in [6, 6.07) is 3.53. The van der Waals surface area contributed by atoms with E-state index in [0.717, 1.165) is 24.3 Å². The van der Waals surface area contributed by atoms with Crippen molar-refractivity contribution in [2.24, 2.45) is 5.92 Å². The maximum Gasteiger partial charge on any atom is 0.186 e. The molecule has 0 aliphatic heterocycles. The molecule has 1 aliphatic rings.